The Labute approximate surface area is 150 Å². The van der Waals surface area contributed by atoms with Crippen LogP contribution in [0.25, 0.3) is 0 Å². The van der Waals surface area contributed by atoms with Crippen LogP contribution < -0.4 is 10.6 Å². The Bertz CT molecular complexity index is 536. The number of hydrogen-bond acceptors (Lipinski definition) is 3. The lowest BCUT2D eigenvalue weighted by atomic mass is 9.80. The second kappa shape index (κ2) is 9.20. The van der Waals surface area contributed by atoms with Crippen molar-refractivity contribution in [2.24, 2.45) is 5.92 Å². The Balaban J connectivity index is 1.36. The van der Waals surface area contributed by atoms with Crippen LogP contribution in [0.15, 0.2) is 24.3 Å². The highest BCUT2D eigenvalue weighted by Gasteiger charge is 2.24. The molecule has 1 saturated carbocycles. The molecule has 0 aromatic heterocycles. The molecule has 1 saturated heterocycles. The number of amides is 2. The molecule has 138 valence electrons. The molecule has 0 radical (unpaired) electrons. The predicted octanol–water partition coefficient (Wildman–Crippen LogP) is 3.37. The van der Waals surface area contributed by atoms with Crippen molar-refractivity contribution in [2.45, 2.75) is 64.3 Å². The number of hydrogen-bond donors (Lipinski definition) is 2. The molecular weight excluding hydrogens is 316 g/mol. The normalized spacial score (nSPS) is 19.9. The van der Waals surface area contributed by atoms with Crippen LogP contribution in [0.4, 0.5) is 4.79 Å². The first kappa shape index (κ1) is 18.2. The molecular formula is C20H30N2O3. The number of carbonyl (C=O) groups excluding carboxylic acids is 1. The van der Waals surface area contributed by atoms with Crippen LogP contribution in [0, 0.1) is 5.92 Å². The molecule has 5 nitrogen and oxygen atoms in total. The van der Waals surface area contributed by atoms with Gasteiger partial charge < -0.3 is 20.1 Å². The molecule has 0 spiro atoms. The van der Waals surface area contributed by atoms with Gasteiger partial charge >= 0.3 is 6.03 Å². The Morgan fingerprint density at radius 2 is 1.84 bits per heavy atom. The zero-order chi connectivity index (χ0) is 17.5. The topological polar surface area (TPSA) is 59.6 Å². The fraction of sp³-hybridized carbons (Fsp3) is 0.650. The third-order valence-electron chi connectivity index (χ3n) is 5.35. The molecule has 2 fully saturated rings. The lowest BCUT2D eigenvalue weighted by Gasteiger charge is -2.31. The molecule has 0 unspecified atom stereocenters. The van der Waals surface area contributed by atoms with Crippen LogP contribution in [0.2, 0.25) is 0 Å². The Kier molecular flexibility index (Phi) is 6.70. The van der Waals surface area contributed by atoms with Gasteiger partial charge in [0.25, 0.3) is 0 Å². The summed E-state index contributed by atoms with van der Waals surface area (Å²) in [7, 11) is 0. The van der Waals surface area contributed by atoms with E-state index in [1.807, 2.05) is 0 Å². The van der Waals surface area contributed by atoms with Crippen molar-refractivity contribution >= 4 is 6.03 Å². The van der Waals surface area contributed by atoms with Crippen molar-refractivity contribution in [3.8, 4) is 0 Å². The first-order valence-electron chi connectivity index (χ1n) is 9.52. The Morgan fingerprint density at radius 3 is 2.48 bits per heavy atom. The summed E-state index contributed by atoms with van der Waals surface area (Å²) in [4.78, 5) is 12.0. The fourth-order valence-electron chi connectivity index (χ4n) is 3.31. The van der Waals surface area contributed by atoms with E-state index >= 15 is 0 Å². The lowest BCUT2D eigenvalue weighted by Crippen LogP contribution is -2.45. The van der Waals surface area contributed by atoms with Gasteiger partial charge in [0.15, 0.2) is 0 Å². The van der Waals surface area contributed by atoms with Crippen LogP contribution >= 0.6 is 0 Å². The number of urea groups is 1. The number of benzene rings is 1. The summed E-state index contributed by atoms with van der Waals surface area (Å²) in [5.41, 5.74) is 2.26. The fourth-order valence-corrected chi connectivity index (χ4v) is 3.31. The molecule has 5 heteroatoms. The quantitative estimate of drug-likeness (QED) is 0.796. The smallest absolute Gasteiger partial charge is 0.315 e. The monoisotopic (exact) mass is 346 g/mol. The minimum Gasteiger partial charge on any atom is -0.381 e. The van der Waals surface area contributed by atoms with E-state index in [0.29, 0.717) is 25.2 Å². The second-order valence-electron chi connectivity index (χ2n) is 7.25. The zero-order valence-electron chi connectivity index (χ0n) is 15.1. The first-order valence-corrected chi connectivity index (χ1v) is 9.52. The van der Waals surface area contributed by atoms with Crippen molar-refractivity contribution in [1.29, 1.82) is 0 Å². The average Bonchev–Trinajstić information content (AvgIpc) is 2.58. The largest absolute Gasteiger partial charge is 0.381 e. The number of nitrogens with one attached hydrogen (secondary N) is 2. The standard InChI is InChI=1S/C20H30N2O3/c1-15(18-3-2-4-18)22-20(23)21-13-16-5-7-17(8-6-16)14-25-19-9-11-24-12-10-19/h5-8,15,18-19H,2-4,9-14H2,1H3,(H2,21,22,23)/t15-/m0/s1. The van der Waals surface area contributed by atoms with Crippen molar-refractivity contribution < 1.29 is 14.3 Å². The number of ether oxygens (including phenoxy) is 2. The molecule has 3 rings (SSSR count). The van der Waals surface area contributed by atoms with Crippen LogP contribution in [-0.4, -0.2) is 31.4 Å². The molecule has 2 aliphatic rings. The van der Waals surface area contributed by atoms with Gasteiger partial charge in [-0.1, -0.05) is 30.7 Å². The maximum atomic E-state index is 12.0. The summed E-state index contributed by atoms with van der Waals surface area (Å²) in [5.74, 6) is 0.653. The van der Waals surface area contributed by atoms with Gasteiger partial charge in [0.05, 0.1) is 12.7 Å². The van der Waals surface area contributed by atoms with Gasteiger partial charge in [0, 0.05) is 25.8 Å². The van der Waals surface area contributed by atoms with Gasteiger partial charge in [0.1, 0.15) is 0 Å². The van der Waals surface area contributed by atoms with Gasteiger partial charge in [0.2, 0.25) is 0 Å². The maximum absolute atomic E-state index is 12.0. The highest BCUT2D eigenvalue weighted by Crippen LogP contribution is 2.29. The second-order valence-corrected chi connectivity index (χ2v) is 7.25. The summed E-state index contributed by atoms with van der Waals surface area (Å²) < 4.78 is 11.3. The summed E-state index contributed by atoms with van der Waals surface area (Å²) in [6.45, 7) is 4.88. The van der Waals surface area contributed by atoms with Gasteiger partial charge in [-0.2, -0.15) is 0 Å². The highest BCUT2D eigenvalue weighted by molar-refractivity contribution is 5.74. The molecule has 2 amide bonds. The number of carbonyl (C=O) groups is 1. The Hall–Kier alpha value is -1.59. The van der Waals surface area contributed by atoms with E-state index in [1.165, 1.54) is 24.8 Å². The minimum absolute atomic E-state index is 0.0775. The zero-order valence-corrected chi connectivity index (χ0v) is 15.1. The van der Waals surface area contributed by atoms with Crippen LogP contribution in [-0.2, 0) is 22.6 Å². The molecule has 2 N–H and O–H groups in total. The molecule has 25 heavy (non-hydrogen) atoms. The maximum Gasteiger partial charge on any atom is 0.315 e. The van der Waals surface area contributed by atoms with Crippen LogP contribution in [0.3, 0.4) is 0 Å². The molecule has 1 heterocycles. The van der Waals surface area contributed by atoms with E-state index in [2.05, 4.69) is 41.8 Å². The van der Waals surface area contributed by atoms with Gasteiger partial charge in [-0.15, -0.1) is 0 Å². The van der Waals surface area contributed by atoms with E-state index in [4.69, 9.17) is 9.47 Å². The van der Waals surface area contributed by atoms with Crippen molar-refractivity contribution in [2.75, 3.05) is 13.2 Å². The number of rotatable bonds is 7. The molecule has 1 aromatic rings. The summed E-state index contributed by atoms with van der Waals surface area (Å²) in [5, 5.41) is 5.98. The summed E-state index contributed by atoms with van der Waals surface area (Å²) >= 11 is 0. The average molecular weight is 346 g/mol. The minimum atomic E-state index is -0.0775. The van der Waals surface area contributed by atoms with E-state index in [-0.39, 0.29) is 12.1 Å². The van der Waals surface area contributed by atoms with Gasteiger partial charge in [-0.25, -0.2) is 4.79 Å². The summed E-state index contributed by atoms with van der Waals surface area (Å²) in [6, 6.07) is 8.44. The molecule has 1 aromatic carbocycles. The van der Waals surface area contributed by atoms with Gasteiger partial charge in [-0.3, -0.25) is 0 Å². The van der Waals surface area contributed by atoms with Crippen LogP contribution in [0.1, 0.15) is 50.2 Å². The van der Waals surface area contributed by atoms with Crippen molar-refractivity contribution in [3.63, 3.8) is 0 Å². The molecule has 0 bridgehead atoms. The molecule has 1 atom stereocenters. The van der Waals surface area contributed by atoms with Crippen LogP contribution in [0.5, 0.6) is 0 Å². The first-order chi connectivity index (χ1) is 12.2. The van der Waals surface area contributed by atoms with Crippen molar-refractivity contribution in [1.82, 2.24) is 10.6 Å². The third kappa shape index (κ3) is 5.72. The van der Waals surface area contributed by atoms with E-state index in [1.54, 1.807) is 0 Å². The lowest BCUT2D eigenvalue weighted by molar-refractivity contribution is -0.0390. The van der Waals surface area contributed by atoms with Gasteiger partial charge in [-0.05, 0) is 49.7 Å². The third-order valence-corrected chi connectivity index (χ3v) is 5.35. The van der Waals surface area contributed by atoms with E-state index in [9.17, 15) is 4.79 Å². The van der Waals surface area contributed by atoms with Crippen molar-refractivity contribution in [3.05, 3.63) is 35.4 Å². The Morgan fingerprint density at radius 1 is 1.16 bits per heavy atom. The highest BCUT2D eigenvalue weighted by atomic mass is 16.5. The van der Waals surface area contributed by atoms with E-state index < -0.39 is 0 Å². The SMILES string of the molecule is C[C@H](NC(=O)NCc1ccc(COC2CCOCC2)cc1)C1CCC1. The molecule has 1 aliphatic carbocycles. The predicted molar refractivity (Wildman–Crippen MR) is 97.2 cm³/mol. The summed E-state index contributed by atoms with van der Waals surface area (Å²) in [6.07, 6.45) is 6.05. The molecule has 1 aliphatic heterocycles. The van der Waals surface area contributed by atoms with E-state index in [0.717, 1.165) is 31.6 Å².